The molecule has 104 valence electrons. The second kappa shape index (κ2) is 7.43. The average Bonchev–Trinajstić information content (AvgIpc) is 2.36. The van der Waals surface area contributed by atoms with Crippen molar-refractivity contribution in [1.82, 2.24) is 0 Å². The highest BCUT2D eigenvalue weighted by Crippen LogP contribution is 2.29. The minimum atomic E-state index is -0.994. The molecule has 0 saturated carbocycles. The highest BCUT2D eigenvalue weighted by Gasteiger charge is 2.09. The van der Waals surface area contributed by atoms with Gasteiger partial charge < -0.3 is 19.3 Å². The predicted molar refractivity (Wildman–Crippen MR) is 71.6 cm³/mol. The number of benzene rings is 1. The summed E-state index contributed by atoms with van der Waals surface area (Å²) in [4.78, 5) is 10.5. The molecule has 0 aliphatic heterocycles. The molecule has 1 aromatic rings. The van der Waals surface area contributed by atoms with Crippen molar-refractivity contribution < 1.29 is 24.1 Å². The van der Waals surface area contributed by atoms with E-state index < -0.39 is 5.97 Å². The van der Waals surface area contributed by atoms with Crippen LogP contribution in [0, 0.1) is 0 Å². The van der Waals surface area contributed by atoms with Crippen LogP contribution in [0.25, 0.3) is 6.08 Å². The Morgan fingerprint density at radius 2 is 2.11 bits per heavy atom. The van der Waals surface area contributed by atoms with E-state index in [4.69, 9.17) is 19.3 Å². The van der Waals surface area contributed by atoms with Gasteiger partial charge in [0.05, 0.1) is 13.7 Å². The predicted octanol–water partition coefficient (Wildman–Crippen LogP) is 2.21. The molecule has 0 fully saturated rings. The molecule has 1 aromatic carbocycles. The largest absolute Gasteiger partial charge is 0.493 e. The van der Waals surface area contributed by atoms with Crippen LogP contribution in [-0.2, 0) is 9.53 Å². The number of hydrogen-bond donors (Lipinski definition) is 1. The van der Waals surface area contributed by atoms with E-state index in [2.05, 4.69) is 0 Å². The van der Waals surface area contributed by atoms with Crippen LogP contribution in [0.3, 0.4) is 0 Å². The lowest BCUT2D eigenvalue weighted by Gasteiger charge is -2.16. The second-order valence-electron chi connectivity index (χ2n) is 3.97. The molecule has 0 spiro atoms. The summed E-state index contributed by atoms with van der Waals surface area (Å²) in [6.07, 6.45) is 2.44. The van der Waals surface area contributed by atoms with Crippen LogP contribution in [0.4, 0.5) is 0 Å². The lowest BCUT2D eigenvalue weighted by Crippen LogP contribution is -2.18. The van der Waals surface area contributed by atoms with Crippen LogP contribution in [0.1, 0.15) is 12.5 Å². The lowest BCUT2D eigenvalue weighted by molar-refractivity contribution is -0.131. The zero-order valence-corrected chi connectivity index (χ0v) is 11.3. The molecule has 1 N–H and O–H groups in total. The van der Waals surface area contributed by atoms with Gasteiger partial charge in [-0.2, -0.15) is 0 Å². The molecule has 1 atom stereocenters. The summed E-state index contributed by atoms with van der Waals surface area (Å²) in [7, 11) is 3.15. The monoisotopic (exact) mass is 266 g/mol. The summed E-state index contributed by atoms with van der Waals surface area (Å²) < 4.78 is 15.9. The van der Waals surface area contributed by atoms with E-state index in [0.717, 1.165) is 11.6 Å². The third-order valence-corrected chi connectivity index (χ3v) is 2.34. The quantitative estimate of drug-likeness (QED) is 0.766. The first-order valence-electron chi connectivity index (χ1n) is 5.81. The first-order chi connectivity index (χ1) is 9.06. The smallest absolute Gasteiger partial charge is 0.328 e. The van der Waals surface area contributed by atoms with Crippen molar-refractivity contribution >= 4 is 12.0 Å². The fraction of sp³-hybridized carbons (Fsp3) is 0.357. The highest BCUT2D eigenvalue weighted by atomic mass is 16.5. The Morgan fingerprint density at radius 1 is 1.37 bits per heavy atom. The molecule has 0 aromatic heterocycles. The number of carboxylic acids is 1. The normalized spacial score (nSPS) is 12.4. The Labute approximate surface area is 112 Å². The highest BCUT2D eigenvalue weighted by molar-refractivity contribution is 5.85. The van der Waals surface area contributed by atoms with Crippen molar-refractivity contribution in [2.24, 2.45) is 0 Å². The van der Waals surface area contributed by atoms with E-state index in [-0.39, 0.29) is 6.10 Å². The number of methoxy groups -OCH3 is 2. The van der Waals surface area contributed by atoms with Crippen molar-refractivity contribution in [3.05, 3.63) is 29.8 Å². The number of carbonyl (C=O) groups is 1. The molecule has 0 bridgehead atoms. The van der Waals surface area contributed by atoms with Crippen LogP contribution >= 0.6 is 0 Å². The Hall–Kier alpha value is -2.01. The molecule has 0 radical (unpaired) electrons. The number of rotatable bonds is 7. The Kier molecular flexibility index (Phi) is 5.89. The molecule has 0 aliphatic carbocycles. The van der Waals surface area contributed by atoms with Gasteiger partial charge in [-0.05, 0) is 30.7 Å². The maximum atomic E-state index is 10.5. The summed E-state index contributed by atoms with van der Waals surface area (Å²) >= 11 is 0. The molecule has 19 heavy (non-hydrogen) atoms. The molecule has 5 heteroatoms. The van der Waals surface area contributed by atoms with Crippen molar-refractivity contribution in [3.63, 3.8) is 0 Å². The van der Waals surface area contributed by atoms with Gasteiger partial charge in [0.1, 0.15) is 6.10 Å². The molecule has 5 nitrogen and oxygen atoms in total. The first-order valence-corrected chi connectivity index (χ1v) is 5.81. The topological polar surface area (TPSA) is 65.0 Å². The molecule has 1 unspecified atom stereocenters. The summed E-state index contributed by atoms with van der Waals surface area (Å²) in [6, 6.07) is 5.22. The molecule has 0 saturated heterocycles. The van der Waals surface area contributed by atoms with Gasteiger partial charge in [0, 0.05) is 13.2 Å². The van der Waals surface area contributed by atoms with Crippen molar-refractivity contribution in [2.45, 2.75) is 13.0 Å². The summed E-state index contributed by atoms with van der Waals surface area (Å²) in [5.74, 6) is 0.154. The molecular weight excluding hydrogens is 248 g/mol. The number of aliphatic carboxylic acids is 1. The number of hydrogen-bond acceptors (Lipinski definition) is 4. The van der Waals surface area contributed by atoms with Gasteiger partial charge in [-0.1, -0.05) is 6.07 Å². The molecule has 0 heterocycles. The maximum Gasteiger partial charge on any atom is 0.328 e. The molecule has 0 amide bonds. The summed E-state index contributed by atoms with van der Waals surface area (Å²) in [5, 5.41) is 8.60. The third kappa shape index (κ3) is 5.01. The van der Waals surface area contributed by atoms with Gasteiger partial charge in [-0.15, -0.1) is 0 Å². The summed E-state index contributed by atoms with van der Waals surface area (Å²) in [5.41, 5.74) is 0.725. The standard InChI is InChI=1S/C14H18O5/c1-10(9-17-2)19-13-8-11(5-7-14(15)16)4-6-12(13)18-3/h4-8,10H,9H2,1-3H3,(H,15,16). The van der Waals surface area contributed by atoms with Crippen LogP contribution in [0.15, 0.2) is 24.3 Å². The Balaban J connectivity index is 2.92. The van der Waals surface area contributed by atoms with Crippen molar-refractivity contribution in [3.8, 4) is 11.5 Å². The maximum absolute atomic E-state index is 10.5. The molecule has 0 aliphatic rings. The fourth-order valence-electron chi connectivity index (χ4n) is 1.54. The fourth-order valence-corrected chi connectivity index (χ4v) is 1.54. The van der Waals surface area contributed by atoms with Crippen LogP contribution in [0.2, 0.25) is 0 Å². The van der Waals surface area contributed by atoms with Gasteiger partial charge in [-0.3, -0.25) is 0 Å². The van der Waals surface area contributed by atoms with E-state index >= 15 is 0 Å². The Morgan fingerprint density at radius 3 is 2.68 bits per heavy atom. The molecule has 1 rings (SSSR count). The average molecular weight is 266 g/mol. The van der Waals surface area contributed by atoms with Gasteiger partial charge in [0.2, 0.25) is 0 Å². The minimum Gasteiger partial charge on any atom is -0.493 e. The third-order valence-electron chi connectivity index (χ3n) is 2.34. The van der Waals surface area contributed by atoms with E-state index in [1.807, 2.05) is 6.92 Å². The SMILES string of the molecule is COCC(C)Oc1cc(C=CC(=O)O)ccc1OC. The second-order valence-corrected chi connectivity index (χ2v) is 3.97. The van der Waals surface area contributed by atoms with E-state index in [1.165, 1.54) is 6.08 Å². The van der Waals surface area contributed by atoms with Gasteiger partial charge in [0.15, 0.2) is 11.5 Å². The van der Waals surface area contributed by atoms with Crippen LogP contribution in [0.5, 0.6) is 11.5 Å². The molecular formula is C14H18O5. The van der Waals surface area contributed by atoms with Crippen LogP contribution in [-0.4, -0.2) is 38.0 Å². The summed E-state index contributed by atoms with van der Waals surface area (Å²) in [6.45, 7) is 2.33. The number of carboxylic acid groups (broad SMARTS) is 1. The minimum absolute atomic E-state index is 0.127. The van der Waals surface area contributed by atoms with Gasteiger partial charge in [-0.25, -0.2) is 4.79 Å². The zero-order valence-electron chi connectivity index (χ0n) is 11.3. The van der Waals surface area contributed by atoms with Gasteiger partial charge in [0.25, 0.3) is 0 Å². The van der Waals surface area contributed by atoms with E-state index in [0.29, 0.717) is 18.1 Å². The Bertz CT molecular complexity index is 453. The number of ether oxygens (including phenoxy) is 3. The van der Waals surface area contributed by atoms with Crippen molar-refractivity contribution in [1.29, 1.82) is 0 Å². The van der Waals surface area contributed by atoms with E-state index in [9.17, 15) is 4.79 Å². The van der Waals surface area contributed by atoms with Gasteiger partial charge >= 0.3 is 5.97 Å². The zero-order chi connectivity index (χ0) is 14.3. The first kappa shape index (κ1) is 15.0. The van der Waals surface area contributed by atoms with Crippen molar-refractivity contribution in [2.75, 3.05) is 20.8 Å². The lowest BCUT2D eigenvalue weighted by atomic mass is 10.2. The van der Waals surface area contributed by atoms with Crippen LogP contribution < -0.4 is 9.47 Å². The van der Waals surface area contributed by atoms with E-state index in [1.54, 1.807) is 32.4 Å².